The Kier molecular flexibility index (Phi) is 9.62. The lowest BCUT2D eigenvalue weighted by Crippen LogP contribution is -2.34. The van der Waals surface area contributed by atoms with E-state index in [4.69, 9.17) is 24.5 Å². The molecule has 184 valence electrons. The fraction of sp³-hybridized carbons (Fsp3) is 0.296. The van der Waals surface area contributed by atoms with Gasteiger partial charge in [0.05, 0.1) is 0 Å². The highest BCUT2D eigenvalue weighted by molar-refractivity contribution is 6.27. The SMILES string of the molecule is O=C(O)C(=O)O.O=c1[nH]cccc1CN1CCC(CCc2ccccc2Oc2ccccc2)CC1. The summed E-state index contributed by atoms with van der Waals surface area (Å²) in [5.41, 5.74) is 2.16. The number of carbonyl (C=O) groups is 2. The first-order valence-corrected chi connectivity index (χ1v) is 11.6. The number of aromatic nitrogens is 1. The topological polar surface area (TPSA) is 120 Å². The summed E-state index contributed by atoms with van der Waals surface area (Å²) in [4.78, 5) is 35.2. The van der Waals surface area contributed by atoms with Gasteiger partial charge in [0.15, 0.2) is 0 Å². The molecule has 1 aliphatic heterocycles. The first-order chi connectivity index (χ1) is 16.9. The van der Waals surface area contributed by atoms with Gasteiger partial charge >= 0.3 is 11.9 Å². The number of para-hydroxylation sites is 2. The molecule has 3 N–H and O–H groups in total. The van der Waals surface area contributed by atoms with Crippen molar-refractivity contribution in [3.8, 4) is 11.5 Å². The number of nitrogens with one attached hydrogen (secondary N) is 1. The van der Waals surface area contributed by atoms with Gasteiger partial charge in [0.25, 0.3) is 5.56 Å². The van der Waals surface area contributed by atoms with E-state index in [1.54, 1.807) is 6.20 Å². The van der Waals surface area contributed by atoms with Crippen molar-refractivity contribution >= 4 is 11.9 Å². The molecule has 0 spiro atoms. The third-order valence-electron chi connectivity index (χ3n) is 5.95. The van der Waals surface area contributed by atoms with E-state index in [9.17, 15) is 4.79 Å². The van der Waals surface area contributed by atoms with Gasteiger partial charge in [-0.3, -0.25) is 9.69 Å². The van der Waals surface area contributed by atoms with Crippen molar-refractivity contribution in [2.45, 2.75) is 32.2 Å². The molecule has 0 aliphatic carbocycles. The van der Waals surface area contributed by atoms with Crippen molar-refractivity contribution in [3.05, 3.63) is 94.4 Å². The molecule has 2 aromatic carbocycles. The molecule has 35 heavy (non-hydrogen) atoms. The molecule has 3 aromatic rings. The minimum absolute atomic E-state index is 0.0321. The number of ether oxygens (including phenoxy) is 1. The number of piperidine rings is 1. The molecule has 0 saturated carbocycles. The summed E-state index contributed by atoms with van der Waals surface area (Å²) < 4.78 is 6.10. The van der Waals surface area contributed by atoms with Crippen molar-refractivity contribution in [2.24, 2.45) is 5.92 Å². The van der Waals surface area contributed by atoms with Crippen LogP contribution in [0.15, 0.2) is 77.7 Å². The fourth-order valence-electron chi connectivity index (χ4n) is 4.04. The van der Waals surface area contributed by atoms with E-state index in [-0.39, 0.29) is 5.56 Å². The highest BCUT2D eigenvalue weighted by atomic mass is 16.5. The average molecular weight is 479 g/mol. The number of hydrogen-bond acceptors (Lipinski definition) is 5. The molecular formula is C27H30N2O6. The Labute approximate surface area is 203 Å². The Morgan fingerprint density at radius 1 is 0.886 bits per heavy atom. The van der Waals surface area contributed by atoms with Gasteiger partial charge in [-0.25, -0.2) is 9.59 Å². The van der Waals surface area contributed by atoms with E-state index >= 15 is 0 Å². The van der Waals surface area contributed by atoms with Gasteiger partial charge in [-0.15, -0.1) is 0 Å². The number of H-pyrrole nitrogens is 1. The number of aliphatic carboxylic acids is 2. The predicted molar refractivity (Wildman–Crippen MR) is 132 cm³/mol. The number of benzene rings is 2. The quantitative estimate of drug-likeness (QED) is 0.436. The molecule has 0 amide bonds. The summed E-state index contributed by atoms with van der Waals surface area (Å²) in [6.45, 7) is 2.86. The Morgan fingerprint density at radius 3 is 2.17 bits per heavy atom. The van der Waals surface area contributed by atoms with E-state index in [1.807, 2.05) is 48.5 Å². The number of aromatic amines is 1. The van der Waals surface area contributed by atoms with Crippen LogP contribution in [0.1, 0.15) is 30.4 Å². The van der Waals surface area contributed by atoms with E-state index in [0.29, 0.717) is 0 Å². The van der Waals surface area contributed by atoms with Crippen molar-refractivity contribution in [1.29, 1.82) is 0 Å². The molecule has 8 heteroatoms. The summed E-state index contributed by atoms with van der Waals surface area (Å²) in [5, 5.41) is 14.8. The van der Waals surface area contributed by atoms with Crippen LogP contribution in [0.3, 0.4) is 0 Å². The lowest BCUT2D eigenvalue weighted by molar-refractivity contribution is -0.159. The Balaban J connectivity index is 0.000000509. The minimum Gasteiger partial charge on any atom is -0.473 e. The normalized spacial score (nSPS) is 13.9. The lowest BCUT2D eigenvalue weighted by atomic mass is 9.90. The zero-order valence-corrected chi connectivity index (χ0v) is 19.4. The van der Waals surface area contributed by atoms with E-state index in [2.05, 4.69) is 28.1 Å². The van der Waals surface area contributed by atoms with Crippen LogP contribution in [0, 0.1) is 5.92 Å². The number of carboxylic acids is 2. The number of hydrogen-bond donors (Lipinski definition) is 3. The maximum Gasteiger partial charge on any atom is 0.414 e. The average Bonchev–Trinajstić information content (AvgIpc) is 2.87. The summed E-state index contributed by atoms with van der Waals surface area (Å²) in [6, 6.07) is 22.2. The number of aryl methyl sites for hydroxylation is 1. The summed E-state index contributed by atoms with van der Waals surface area (Å²) in [6.07, 6.45) is 6.28. The maximum absolute atomic E-state index is 11.9. The maximum atomic E-state index is 11.9. The van der Waals surface area contributed by atoms with Crippen LogP contribution in [-0.4, -0.2) is 45.1 Å². The molecule has 4 rings (SSSR count). The van der Waals surface area contributed by atoms with Gasteiger partial charge in [-0.1, -0.05) is 42.5 Å². The summed E-state index contributed by atoms with van der Waals surface area (Å²) >= 11 is 0. The number of carboxylic acid groups (broad SMARTS) is 2. The minimum atomic E-state index is -1.82. The zero-order valence-electron chi connectivity index (χ0n) is 19.4. The molecule has 1 aromatic heterocycles. The van der Waals surface area contributed by atoms with E-state index < -0.39 is 11.9 Å². The Morgan fingerprint density at radius 2 is 1.51 bits per heavy atom. The van der Waals surface area contributed by atoms with Crippen LogP contribution in [0.4, 0.5) is 0 Å². The molecule has 1 fully saturated rings. The largest absolute Gasteiger partial charge is 0.473 e. The molecule has 0 radical (unpaired) electrons. The molecule has 1 aliphatic rings. The van der Waals surface area contributed by atoms with Crippen LogP contribution in [0.25, 0.3) is 0 Å². The van der Waals surface area contributed by atoms with Crippen LogP contribution in [-0.2, 0) is 22.6 Å². The van der Waals surface area contributed by atoms with Crippen LogP contribution >= 0.6 is 0 Å². The molecule has 8 nitrogen and oxygen atoms in total. The van der Waals surface area contributed by atoms with E-state index in [0.717, 1.165) is 49.0 Å². The summed E-state index contributed by atoms with van der Waals surface area (Å²) in [5.74, 6) is -1.08. The second-order valence-corrected chi connectivity index (χ2v) is 8.42. The Bertz CT molecular complexity index is 1140. The second kappa shape index (κ2) is 13.1. The van der Waals surface area contributed by atoms with Crippen molar-refractivity contribution in [3.63, 3.8) is 0 Å². The zero-order chi connectivity index (χ0) is 25.0. The molecule has 0 bridgehead atoms. The van der Waals surface area contributed by atoms with Gasteiger partial charge < -0.3 is 19.9 Å². The van der Waals surface area contributed by atoms with Gasteiger partial charge in [0.2, 0.25) is 0 Å². The van der Waals surface area contributed by atoms with Crippen LogP contribution < -0.4 is 10.3 Å². The molecule has 2 heterocycles. The molecule has 0 unspecified atom stereocenters. The fourth-order valence-corrected chi connectivity index (χ4v) is 4.04. The van der Waals surface area contributed by atoms with Crippen molar-refractivity contribution < 1.29 is 24.5 Å². The smallest absolute Gasteiger partial charge is 0.414 e. The molecule has 1 saturated heterocycles. The van der Waals surface area contributed by atoms with Gasteiger partial charge in [0, 0.05) is 18.3 Å². The third kappa shape index (κ3) is 8.42. The lowest BCUT2D eigenvalue weighted by Gasteiger charge is -2.31. The van der Waals surface area contributed by atoms with Crippen LogP contribution in [0.2, 0.25) is 0 Å². The molecule has 0 atom stereocenters. The van der Waals surface area contributed by atoms with Gasteiger partial charge in [0.1, 0.15) is 11.5 Å². The second-order valence-electron chi connectivity index (χ2n) is 8.42. The van der Waals surface area contributed by atoms with Crippen LogP contribution in [0.5, 0.6) is 11.5 Å². The van der Waals surface area contributed by atoms with Gasteiger partial charge in [-0.05, 0) is 74.5 Å². The number of nitrogens with zero attached hydrogens (tertiary/aromatic N) is 1. The van der Waals surface area contributed by atoms with E-state index in [1.165, 1.54) is 24.8 Å². The highest BCUT2D eigenvalue weighted by Gasteiger charge is 2.20. The summed E-state index contributed by atoms with van der Waals surface area (Å²) in [7, 11) is 0. The first-order valence-electron chi connectivity index (χ1n) is 11.6. The first kappa shape index (κ1) is 25.7. The van der Waals surface area contributed by atoms with Crippen molar-refractivity contribution in [1.82, 2.24) is 9.88 Å². The number of pyridine rings is 1. The Hall–Kier alpha value is -3.91. The van der Waals surface area contributed by atoms with Crippen molar-refractivity contribution in [2.75, 3.05) is 13.1 Å². The number of likely N-dealkylation sites (tertiary alicyclic amines) is 1. The highest BCUT2D eigenvalue weighted by Crippen LogP contribution is 2.29. The van der Waals surface area contributed by atoms with Gasteiger partial charge in [-0.2, -0.15) is 0 Å². The third-order valence-corrected chi connectivity index (χ3v) is 5.95. The monoisotopic (exact) mass is 478 g/mol. The molecular weight excluding hydrogens is 448 g/mol. The number of rotatable bonds is 7. The predicted octanol–water partition coefficient (Wildman–Crippen LogP) is 4.17. The standard InChI is InChI=1S/C25H28N2O2.C2H2O4/c28-25-22(8-6-16-26-25)19-27-17-14-20(15-18-27)12-13-21-7-4-5-11-24(21)29-23-9-2-1-3-10-23;3-1(4)2(5)6/h1-11,16,20H,12-15,17-19H2,(H,26,28);(H,3,4)(H,5,6).